The van der Waals surface area contributed by atoms with Crippen molar-refractivity contribution in [1.29, 1.82) is 0 Å². The van der Waals surface area contributed by atoms with Crippen molar-refractivity contribution >= 4 is 39.1 Å². The van der Waals surface area contributed by atoms with E-state index in [4.69, 9.17) is 19.2 Å². The molecule has 30 heavy (non-hydrogen) atoms. The molecular formula is C21H27N3O5S. The van der Waals surface area contributed by atoms with Crippen molar-refractivity contribution in [3.05, 3.63) is 22.2 Å². The zero-order chi connectivity index (χ0) is 21.3. The highest BCUT2D eigenvalue weighted by molar-refractivity contribution is 7.21. The van der Waals surface area contributed by atoms with E-state index < -0.39 is 5.97 Å². The van der Waals surface area contributed by atoms with Crippen LogP contribution in [0.3, 0.4) is 0 Å². The van der Waals surface area contributed by atoms with Gasteiger partial charge in [-0.25, -0.2) is 9.78 Å². The lowest BCUT2D eigenvalue weighted by atomic mass is 9.95. The molecular weight excluding hydrogens is 406 g/mol. The molecule has 9 heteroatoms. The van der Waals surface area contributed by atoms with E-state index >= 15 is 0 Å². The van der Waals surface area contributed by atoms with Gasteiger partial charge in [0.1, 0.15) is 9.71 Å². The van der Waals surface area contributed by atoms with E-state index in [1.165, 1.54) is 11.3 Å². The number of ether oxygens (including phenoxy) is 3. The predicted molar refractivity (Wildman–Crippen MR) is 114 cm³/mol. The molecule has 0 saturated carbocycles. The van der Waals surface area contributed by atoms with Gasteiger partial charge in [-0.05, 0) is 26.8 Å². The number of hydrogen-bond donors (Lipinski definition) is 1. The topological polar surface area (TPSA) is 90.0 Å². The van der Waals surface area contributed by atoms with Gasteiger partial charge in [-0.15, -0.1) is 11.3 Å². The molecule has 0 aliphatic carbocycles. The van der Waals surface area contributed by atoms with E-state index in [0.29, 0.717) is 49.9 Å². The van der Waals surface area contributed by atoms with Crippen LogP contribution < -0.4 is 5.32 Å². The van der Waals surface area contributed by atoms with Gasteiger partial charge in [0.05, 0.1) is 50.0 Å². The van der Waals surface area contributed by atoms with Crippen LogP contribution in [-0.2, 0) is 32.0 Å². The van der Waals surface area contributed by atoms with Gasteiger partial charge < -0.3 is 19.5 Å². The summed E-state index contributed by atoms with van der Waals surface area (Å²) >= 11 is 1.26. The van der Waals surface area contributed by atoms with Crippen LogP contribution in [0.1, 0.15) is 41.7 Å². The van der Waals surface area contributed by atoms with Gasteiger partial charge >= 0.3 is 5.97 Å². The molecule has 2 aromatic rings. The van der Waals surface area contributed by atoms with Crippen LogP contribution >= 0.6 is 11.3 Å². The van der Waals surface area contributed by atoms with E-state index in [0.717, 1.165) is 21.5 Å². The lowest BCUT2D eigenvalue weighted by Gasteiger charge is -2.31. The van der Waals surface area contributed by atoms with Crippen LogP contribution in [0.25, 0.3) is 10.2 Å². The molecule has 2 aromatic heterocycles. The van der Waals surface area contributed by atoms with Crippen molar-refractivity contribution in [3.63, 3.8) is 0 Å². The minimum absolute atomic E-state index is 0.169. The van der Waals surface area contributed by atoms with Crippen LogP contribution in [0.5, 0.6) is 0 Å². The minimum atomic E-state index is -0.447. The lowest BCUT2D eigenvalue weighted by Crippen LogP contribution is -2.41. The molecule has 2 aliphatic heterocycles. The summed E-state index contributed by atoms with van der Waals surface area (Å²) in [5.41, 5.74) is 2.16. The maximum absolute atomic E-state index is 12.7. The van der Waals surface area contributed by atoms with Gasteiger partial charge in [0, 0.05) is 30.5 Å². The van der Waals surface area contributed by atoms with Gasteiger partial charge in [0.2, 0.25) is 5.91 Å². The Morgan fingerprint density at radius 2 is 2.10 bits per heavy atom. The van der Waals surface area contributed by atoms with Crippen molar-refractivity contribution in [1.82, 2.24) is 9.88 Å². The number of esters is 1. The van der Waals surface area contributed by atoms with Gasteiger partial charge in [0.15, 0.2) is 0 Å². The van der Waals surface area contributed by atoms with Crippen LogP contribution in [-0.4, -0.2) is 66.8 Å². The molecule has 1 amide bonds. The summed E-state index contributed by atoms with van der Waals surface area (Å²) < 4.78 is 16.5. The monoisotopic (exact) mass is 433 g/mol. The van der Waals surface area contributed by atoms with Crippen molar-refractivity contribution in [2.24, 2.45) is 0 Å². The number of anilines is 1. The number of thiophene rings is 1. The van der Waals surface area contributed by atoms with Crippen molar-refractivity contribution in [3.8, 4) is 0 Å². The van der Waals surface area contributed by atoms with E-state index in [1.807, 2.05) is 24.8 Å². The molecule has 0 unspecified atom stereocenters. The fourth-order valence-corrected chi connectivity index (χ4v) is 4.74. The molecule has 1 fully saturated rings. The van der Waals surface area contributed by atoms with E-state index in [1.54, 1.807) is 6.92 Å². The second-order valence-electron chi connectivity index (χ2n) is 8.14. The third-order valence-corrected chi connectivity index (χ3v) is 6.34. The molecule has 0 spiro atoms. The molecule has 1 N–H and O–H groups in total. The molecule has 0 aromatic carbocycles. The maximum atomic E-state index is 12.7. The first-order chi connectivity index (χ1) is 14.4. The lowest BCUT2D eigenvalue weighted by molar-refractivity contribution is -0.118. The summed E-state index contributed by atoms with van der Waals surface area (Å²) in [7, 11) is 0. The number of carbonyl (C=O) groups is 2. The number of carbonyl (C=O) groups excluding carboxylic acids is 2. The Morgan fingerprint density at radius 1 is 1.33 bits per heavy atom. The zero-order valence-electron chi connectivity index (χ0n) is 17.6. The second-order valence-corrected chi connectivity index (χ2v) is 9.13. The highest BCUT2D eigenvalue weighted by atomic mass is 32.1. The summed E-state index contributed by atoms with van der Waals surface area (Å²) in [5, 5.41) is 3.70. The highest BCUT2D eigenvalue weighted by Gasteiger charge is 2.30. The summed E-state index contributed by atoms with van der Waals surface area (Å²) in [6, 6.07) is 1.98. The highest BCUT2D eigenvalue weighted by Crippen LogP contribution is 2.38. The van der Waals surface area contributed by atoms with Crippen molar-refractivity contribution in [2.75, 3.05) is 44.8 Å². The normalized spacial score (nSPS) is 18.8. The molecule has 162 valence electrons. The fraction of sp³-hybridized carbons (Fsp3) is 0.571. The summed E-state index contributed by atoms with van der Waals surface area (Å²) in [5.74, 6) is -0.617. The minimum Gasteiger partial charge on any atom is -0.462 e. The predicted octanol–water partition coefficient (Wildman–Crippen LogP) is 2.60. The van der Waals surface area contributed by atoms with Crippen molar-refractivity contribution in [2.45, 2.75) is 39.4 Å². The number of hydrogen-bond acceptors (Lipinski definition) is 8. The Morgan fingerprint density at radius 3 is 2.83 bits per heavy atom. The standard InChI is InChI=1S/C21H27N3O5S/c1-4-28-20(26)18-17(23-16(25)11-24-5-7-27-8-6-24)14-9-13-12-29-21(2,3)10-15(13)22-19(14)30-18/h9H,4-8,10-12H2,1-3H3,(H,23,25). The first-order valence-corrected chi connectivity index (χ1v) is 11.0. The van der Waals surface area contributed by atoms with Crippen LogP contribution in [0.4, 0.5) is 5.69 Å². The summed E-state index contributed by atoms with van der Waals surface area (Å²) in [6.07, 6.45) is 0.698. The zero-order valence-corrected chi connectivity index (χ0v) is 18.4. The molecule has 1 saturated heterocycles. The first-order valence-electron chi connectivity index (χ1n) is 10.2. The Labute approximate surface area is 179 Å². The number of nitrogens with zero attached hydrogens (tertiary/aromatic N) is 2. The number of aromatic nitrogens is 1. The summed E-state index contributed by atoms with van der Waals surface area (Å²) in [6.45, 7) is 9.48. The molecule has 4 rings (SSSR count). The van der Waals surface area contributed by atoms with E-state index in [9.17, 15) is 9.59 Å². The van der Waals surface area contributed by atoms with Crippen molar-refractivity contribution < 1.29 is 23.8 Å². The Bertz CT molecular complexity index is 965. The Hall–Kier alpha value is -2.07. The number of nitrogens with one attached hydrogen (secondary N) is 1. The molecule has 0 bridgehead atoms. The SMILES string of the molecule is CCOC(=O)c1sc2nc3c(cc2c1NC(=O)CN1CCOCC1)COC(C)(C)C3. The number of fused-ring (bicyclic) bond motifs is 2. The Balaban J connectivity index is 1.67. The maximum Gasteiger partial charge on any atom is 0.350 e. The number of pyridine rings is 1. The van der Waals surface area contributed by atoms with E-state index in [-0.39, 0.29) is 24.7 Å². The average Bonchev–Trinajstić information content (AvgIpc) is 3.04. The first kappa shape index (κ1) is 21.2. The smallest absolute Gasteiger partial charge is 0.350 e. The van der Waals surface area contributed by atoms with Gasteiger partial charge in [0.25, 0.3) is 0 Å². The van der Waals surface area contributed by atoms with E-state index in [2.05, 4.69) is 5.32 Å². The second kappa shape index (κ2) is 8.58. The fourth-order valence-electron chi connectivity index (χ4n) is 3.71. The summed E-state index contributed by atoms with van der Waals surface area (Å²) in [4.78, 5) is 33.3. The number of amides is 1. The van der Waals surface area contributed by atoms with Crippen LogP contribution in [0, 0.1) is 0 Å². The van der Waals surface area contributed by atoms with Gasteiger partial charge in [-0.2, -0.15) is 0 Å². The largest absolute Gasteiger partial charge is 0.462 e. The van der Waals surface area contributed by atoms with Gasteiger partial charge in [-0.1, -0.05) is 0 Å². The molecule has 0 radical (unpaired) electrons. The molecule has 0 atom stereocenters. The molecule has 8 nitrogen and oxygen atoms in total. The third kappa shape index (κ3) is 4.49. The Kier molecular flexibility index (Phi) is 6.06. The quantitative estimate of drug-likeness (QED) is 0.725. The number of rotatable bonds is 5. The molecule has 4 heterocycles. The molecule has 2 aliphatic rings. The third-order valence-electron chi connectivity index (χ3n) is 5.26. The van der Waals surface area contributed by atoms with Crippen LogP contribution in [0.2, 0.25) is 0 Å². The number of morpholine rings is 1. The average molecular weight is 434 g/mol. The van der Waals surface area contributed by atoms with Crippen LogP contribution in [0.15, 0.2) is 6.07 Å². The van der Waals surface area contributed by atoms with Gasteiger partial charge in [-0.3, -0.25) is 9.69 Å².